The lowest BCUT2D eigenvalue weighted by atomic mass is 10.8. The van der Waals surface area contributed by atoms with Gasteiger partial charge >= 0.3 is 11.1 Å². The van der Waals surface area contributed by atoms with Gasteiger partial charge in [-0.15, -0.1) is 17.7 Å². The van der Waals surface area contributed by atoms with Gasteiger partial charge in [0.2, 0.25) is 0 Å². The molecule has 0 aliphatic heterocycles. The third-order valence-corrected chi connectivity index (χ3v) is 2.16. The van der Waals surface area contributed by atoms with Gasteiger partial charge in [-0.3, -0.25) is 18.7 Å². The zero-order valence-corrected chi connectivity index (χ0v) is 8.25. The molecule has 0 aromatic carbocycles. The van der Waals surface area contributed by atoms with E-state index in [1.165, 1.54) is 0 Å². The maximum atomic E-state index is 11.0. The maximum Gasteiger partial charge on any atom is 0.330 e. The second kappa shape index (κ2) is 3.55. The number of aromatic nitrogens is 3. The van der Waals surface area contributed by atoms with Crippen molar-refractivity contribution in [1.29, 1.82) is 0 Å². The Bertz CT molecular complexity index is 555. The molecule has 78 valence electrons. The first-order valence-electron chi connectivity index (χ1n) is 3.15. The van der Waals surface area contributed by atoms with Crippen LogP contribution < -0.4 is 11.1 Å². The maximum absolute atomic E-state index is 11.0. The summed E-state index contributed by atoms with van der Waals surface area (Å²) in [6, 6.07) is 0. The van der Waals surface area contributed by atoms with Crippen LogP contribution in [0.3, 0.4) is 0 Å². The molecule has 8 nitrogen and oxygen atoms in total. The van der Waals surface area contributed by atoms with Gasteiger partial charge in [-0.1, -0.05) is 0 Å². The highest BCUT2D eigenvalue weighted by atomic mass is 32.2. The Morgan fingerprint density at radius 1 is 1.50 bits per heavy atom. The number of aromatic amines is 1. The molecule has 0 bridgehead atoms. The van der Waals surface area contributed by atoms with Crippen molar-refractivity contribution < 1.29 is 13.0 Å². The first-order chi connectivity index (χ1) is 6.31. The van der Waals surface area contributed by atoms with E-state index in [-0.39, 0.29) is 5.16 Å². The largest absolute Gasteiger partial charge is 0.330 e. The van der Waals surface area contributed by atoms with Crippen LogP contribution >= 0.6 is 12.6 Å². The second-order valence-electron chi connectivity index (χ2n) is 2.30. The van der Waals surface area contributed by atoms with Gasteiger partial charge in [-0.25, -0.2) is 5.10 Å². The lowest BCUT2D eigenvalue weighted by Crippen LogP contribution is -2.39. The van der Waals surface area contributed by atoms with Gasteiger partial charge in [0.15, 0.2) is 11.0 Å². The van der Waals surface area contributed by atoms with Crippen molar-refractivity contribution in [3.05, 3.63) is 20.7 Å². The first-order valence-corrected chi connectivity index (χ1v) is 5.20. The molecule has 1 rings (SSSR count). The predicted octanol–water partition coefficient (Wildman–Crippen LogP) is -1.93. The molecule has 0 saturated heterocycles. The molecule has 0 atom stereocenters. The van der Waals surface area contributed by atoms with Crippen LogP contribution in [0.4, 0.5) is 0 Å². The lowest BCUT2D eigenvalue weighted by molar-refractivity contribution is 0.462. The number of thiol groups is 1. The molecule has 0 unspecified atom stereocenters. The number of rotatable bonds is 2. The van der Waals surface area contributed by atoms with E-state index in [0.717, 1.165) is 0 Å². The second-order valence-corrected chi connectivity index (χ2v) is 4.12. The summed E-state index contributed by atoms with van der Waals surface area (Å²) in [5, 5.41) is 4.73. The Balaban J connectivity index is 3.42. The fourth-order valence-electron chi connectivity index (χ4n) is 0.702. The minimum Gasteiger partial charge on any atom is -0.284 e. The van der Waals surface area contributed by atoms with Gasteiger partial charge < -0.3 is 0 Å². The van der Waals surface area contributed by atoms with E-state index in [1.54, 1.807) is 5.10 Å². The van der Waals surface area contributed by atoms with Crippen molar-refractivity contribution in [3.63, 3.8) is 0 Å². The van der Waals surface area contributed by atoms with Gasteiger partial charge in [-0.2, -0.15) is 8.42 Å². The van der Waals surface area contributed by atoms with Crippen molar-refractivity contribution in [1.82, 2.24) is 14.8 Å². The third-order valence-electron chi connectivity index (χ3n) is 1.23. The number of nitrogens with zero attached hydrogens (tertiary/aromatic N) is 2. The van der Waals surface area contributed by atoms with E-state index in [2.05, 4.69) is 17.7 Å². The molecule has 1 aromatic rings. The molecule has 0 amide bonds. The summed E-state index contributed by atoms with van der Waals surface area (Å²) in [7, 11) is -4.42. The van der Waals surface area contributed by atoms with Crippen LogP contribution in [0.1, 0.15) is 0 Å². The zero-order valence-electron chi connectivity index (χ0n) is 6.54. The highest BCUT2D eigenvalue weighted by molar-refractivity contribution is 7.84. The normalized spacial score (nSPS) is 11.6. The van der Waals surface area contributed by atoms with Gasteiger partial charge in [0.1, 0.15) is 0 Å². The summed E-state index contributed by atoms with van der Waals surface area (Å²) in [5.41, 5.74) is -2.24. The Morgan fingerprint density at radius 3 is 2.57 bits per heavy atom. The Labute approximate surface area is 82.7 Å². The fraction of sp³-hybridized carbons (Fsp3) is 0.250. The summed E-state index contributed by atoms with van der Waals surface area (Å²) < 4.78 is 29.8. The Kier molecular flexibility index (Phi) is 2.78. The summed E-state index contributed by atoms with van der Waals surface area (Å²) >= 11 is 3.63. The van der Waals surface area contributed by atoms with Crippen LogP contribution in [0.5, 0.6) is 0 Å². The van der Waals surface area contributed by atoms with Crippen LogP contribution in [-0.2, 0) is 16.0 Å². The average molecular weight is 239 g/mol. The van der Waals surface area contributed by atoms with Crippen LogP contribution in [0, 0.1) is 0 Å². The average Bonchev–Trinajstić information content (AvgIpc) is 2.04. The van der Waals surface area contributed by atoms with Crippen LogP contribution in [0.15, 0.2) is 14.7 Å². The summed E-state index contributed by atoms with van der Waals surface area (Å²) in [6.45, 7) is 0. The van der Waals surface area contributed by atoms with E-state index in [4.69, 9.17) is 4.55 Å². The first kappa shape index (κ1) is 10.9. The van der Waals surface area contributed by atoms with E-state index >= 15 is 0 Å². The molecule has 0 spiro atoms. The number of nitrogens with one attached hydrogen (secondary N) is 1. The molecule has 1 aromatic heterocycles. The molecule has 0 fully saturated rings. The topological polar surface area (TPSA) is 122 Å². The van der Waals surface area contributed by atoms with Crippen LogP contribution in [0.25, 0.3) is 0 Å². The number of hydrogen-bond acceptors (Lipinski definition) is 6. The highest BCUT2D eigenvalue weighted by Crippen LogP contribution is 1.96. The molecule has 0 saturated carbocycles. The molecule has 0 aliphatic carbocycles. The van der Waals surface area contributed by atoms with Crippen molar-refractivity contribution in [2.45, 2.75) is 11.0 Å². The Morgan fingerprint density at radius 2 is 2.07 bits per heavy atom. The lowest BCUT2D eigenvalue weighted by Gasteiger charge is -2.03. The van der Waals surface area contributed by atoms with Crippen LogP contribution in [0.2, 0.25) is 0 Å². The highest BCUT2D eigenvalue weighted by Gasteiger charge is 2.12. The zero-order chi connectivity index (χ0) is 10.9. The minimum absolute atomic E-state index is 0.313. The van der Waals surface area contributed by atoms with E-state index < -0.39 is 27.1 Å². The van der Waals surface area contributed by atoms with Crippen molar-refractivity contribution in [2.24, 2.45) is 0 Å². The quantitative estimate of drug-likeness (QED) is 0.314. The van der Waals surface area contributed by atoms with Gasteiger partial charge in [0.05, 0.1) is 0 Å². The number of hydrogen-bond donors (Lipinski definition) is 3. The van der Waals surface area contributed by atoms with Crippen LogP contribution in [-0.4, -0.2) is 27.7 Å². The third kappa shape index (κ3) is 2.43. The minimum atomic E-state index is -4.42. The SMILES string of the molecule is O=c1[nH]nc(S)n(CS(=O)(=O)O)c1=O. The van der Waals surface area contributed by atoms with Crippen molar-refractivity contribution in [2.75, 3.05) is 0 Å². The van der Waals surface area contributed by atoms with E-state index in [0.29, 0.717) is 4.57 Å². The summed E-state index contributed by atoms with van der Waals surface area (Å²) in [5.74, 6) is -1.05. The Hall–Kier alpha value is -1.13. The molecule has 14 heavy (non-hydrogen) atoms. The van der Waals surface area contributed by atoms with Crippen molar-refractivity contribution >= 4 is 22.7 Å². The molecule has 0 radical (unpaired) electrons. The molecule has 10 heteroatoms. The number of H-pyrrole nitrogens is 1. The standard InChI is InChI=1S/C4H5N3O5S2/c8-2-3(9)7(1-14(10,11)12)4(13)6-5-2/h1H2,(H,5,8)(H,6,13)(H,10,11,12). The molecular weight excluding hydrogens is 234 g/mol. The smallest absolute Gasteiger partial charge is 0.284 e. The van der Waals surface area contributed by atoms with Gasteiger partial charge in [-0.05, 0) is 0 Å². The molecule has 0 aliphatic rings. The van der Waals surface area contributed by atoms with Crippen molar-refractivity contribution in [3.8, 4) is 0 Å². The molecule has 2 N–H and O–H groups in total. The summed E-state index contributed by atoms with van der Waals surface area (Å²) in [4.78, 5) is 21.7. The predicted molar refractivity (Wildman–Crippen MR) is 47.9 cm³/mol. The van der Waals surface area contributed by atoms with Gasteiger partial charge in [0, 0.05) is 0 Å². The summed E-state index contributed by atoms with van der Waals surface area (Å²) in [6.07, 6.45) is 0. The molecule has 1 heterocycles. The molecular formula is C4H5N3O5S2. The fourth-order valence-corrected chi connectivity index (χ4v) is 1.57. The van der Waals surface area contributed by atoms with Gasteiger partial charge in [0.25, 0.3) is 10.1 Å². The monoisotopic (exact) mass is 239 g/mol. The van der Waals surface area contributed by atoms with E-state index in [1.807, 2.05) is 0 Å². The van der Waals surface area contributed by atoms with E-state index in [9.17, 15) is 18.0 Å².